The van der Waals surface area contributed by atoms with Gasteiger partial charge in [-0.2, -0.15) is 13.2 Å². The van der Waals surface area contributed by atoms with Crippen LogP contribution in [0.25, 0.3) is 0 Å². The van der Waals surface area contributed by atoms with Gasteiger partial charge in [-0.1, -0.05) is 6.07 Å². The number of benzene rings is 1. The molecular formula is C7H4Cl2F3O2P. The minimum Gasteiger partial charge on any atom is -0.422 e. The standard InChI is InChI=1S/C7H4Cl2F3O2P/c8-15(9,13)14-6-3-1-2-5(4-6)7(10,11)12/h1-4H. The molecule has 0 aliphatic rings. The van der Waals surface area contributed by atoms with Crippen molar-refractivity contribution in [2.75, 3.05) is 0 Å². The Morgan fingerprint density at radius 1 is 1.27 bits per heavy atom. The molecule has 1 aromatic carbocycles. The number of hydrogen-bond donors (Lipinski definition) is 0. The summed E-state index contributed by atoms with van der Waals surface area (Å²) in [6, 6.07) is 3.78. The molecule has 0 heterocycles. The highest BCUT2D eigenvalue weighted by Gasteiger charge is 2.31. The first kappa shape index (κ1) is 12.7. The molecule has 0 saturated heterocycles. The van der Waals surface area contributed by atoms with Crippen LogP contribution in [0.5, 0.6) is 5.75 Å². The molecule has 1 rings (SSSR count). The molecule has 0 radical (unpaired) electrons. The Kier molecular flexibility index (Phi) is 3.59. The number of halogens is 5. The fraction of sp³-hybridized carbons (Fsp3) is 0.143. The van der Waals surface area contributed by atoms with E-state index in [1.165, 1.54) is 6.07 Å². The molecule has 0 aromatic heterocycles. The lowest BCUT2D eigenvalue weighted by Crippen LogP contribution is -2.04. The van der Waals surface area contributed by atoms with E-state index in [0.717, 1.165) is 12.1 Å². The van der Waals surface area contributed by atoms with Crippen molar-refractivity contribution in [3.05, 3.63) is 29.8 Å². The summed E-state index contributed by atoms with van der Waals surface area (Å²) in [5.41, 5.74) is -0.929. The second-order valence-corrected chi connectivity index (χ2v) is 6.73. The maximum absolute atomic E-state index is 12.2. The summed E-state index contributed by atoms with van der Waals surface area (Å²) in [6.07, 6.45) is -8.38. The van der Waals surface area contributed by atoms with Crippen LogP contribution in [-0.2, 0) is 10.7 Å². The zero-order chi connectivity index (χ0) is 11.7. The number of alkyl halides is 3. The van der Waals surface area contributed by atoms with Crippen molar-refractivity contribution in [1.82, 2.24) is 0 Å². The van der Waals surface area contributed by atoms with Gasteiger partial charge in [-0.15, -0.1) is 0 Å². The van der Waals surface area contributed by atoms with Crippen LogP contribution in [-0.4, -0.2) is 0 Å². The van der Waals surface area contributed by atoms with Crippen molar-refractivity contribution < 1.29 is 22.3 Å². The Bertz CT molecular complexity index is 401. The third kappa shape index (κ3) is 4.33. The van der Waals surface area contributed by atoms with Gasteiger partial charge in [-0.25, -0.2) is 4.57 Å². The largest absolute Gasteiger partial charge is 0.428 e. The smallest absolute Gasteiger partial charge is 0.422 e. The molecule has 0 aliphatic carbocycles. The monoisotopic (exact) mass is 278 g/mol. The van der Waals surface area contributed by atoms with Crippen molar-refractivity contribution in [3.63, 3.8) is 0 Å². The van der Waals surface area contributed by atoms with Crippen LogP contribution in [0.4, 0.5) is 13.2 Å². The summed E-state index contributed by atoms with van der Waals surface area (Å²) < 4.78 is 51.8. The molecule has 84 valence electrons. The molecule has 0 atom stereocenters. The average molecular weight is 279 g/mol. The van der Waals surface area contributed by atoms with Gasteiger partial charge in [0.15, 0.2) is 0 Å². The highest BCUT2D eigenvalue weighted by Crippen LogP contribution is 2.57. The zero-order valence-corrected chi connectivity index (χ0v) is 9.37. The lowest BCUT2D eigenvalue weighted by Gasteiger charge is -2.09. The molecule has 0 N–H and O–H groups in total. The summed E-state index contributed by atoms with van der Waals surface area (Å²) in [7, 11) is 0. The highest BCUT2D eigenvalue weighted by atomic mass is 35.9. The van der Waals surface area contributed by atoms with Crippen LogP contribution in [0.2, 0.25) is 0 Å². The Morgan fingerprint density at radius 3 is 2.33 bits per heavy atom. The van der Waals surface area contributed by atoms with E-state index in [4.69, 9.17) is 22.5 Å². The molecule has 2 nitrogen and oxygen atoms in total. The normalized spacial score (nSPS) is 12.6. The van der Waals surface area contributed by atoms with Gasteiger partial charge >= 0.3 is 12.3 Å². The van der Waals surface area contributed by atoms with Gasteiger partial charge in [0, 0.05) is 22.5 Å². The molecular weight excluding hydrogens is 275 g/mol. The first-order chi connectivity index (χ1) is 6.68. The van der Waals surface area contributed by atoms with E-state index in [2.05, 4.69) is 4.52 Å². The van der Waals surface area contributed by atoms with Gasteiger partial charge < -0.3 is 4.52 Å². The first-order valence-electron chi connectivity index (χ1n) is 3.55. The predicted octanol–water partition coefficient (Wildman–Crippen LogP) is 4.67. The predicted molar refractivity (Wildman–Crippen MR) is 51.4 cm³/mol. The van der Waals surface area contributed by atoms with Gasteiger partial charge in [0.2, 0.25) is 0 Å². The van der Waals surface area contributed by atoms with E-state index in [0.29, 0.717) is 6.07 Å². The minimum atomic E-state index is -4.50. The summed E-state index contributed by atoms with van der Waals surface area (Å²) >= 11 is 10.1. The fourth-order valence-electron chi connectivity index (χ4n) is 0.852. The Balaban J connectivity index is 2.99. The maximum atomic E-state index is 12.2. The molecule has 8 heteroatoms. The molecule has 0 aliphatic heterocycles. The van der Waals surface area contributed by atoms with Crippen molar-refractivity contribution in [1.29, 1.82) is 0 Å². The van der Waals surface area contributed by atoms with Gasteiger partial charge in [0.05, 0.1) is 5.56 Å². The molecule has 0 amide bonds. The third-order valence-electron chi connectivity index (χ3n) is 1.37. The molecule has 0 spiro atoms. The van der Waals surface area contributed by atoms with E-state index in [9.17, 15) is 17.7 Å². The molecule has 0 unspecified atom stereocenters. The van der Waals surface area contributed by atoms with Gasteiger partial charge in [-0.3, -0.25) is 0 Å². The molecule has 0 fully saturated rings. The highest BCUT2D eigenvalue weighted by molar-refractivity contribution is 8.05. The molecule has 1 aromatic rings. The summed E-state index contributed by atoms with van der Waals surface area (Å²) in [5.74, 6) is -0.293. The quantitative estimate of drug-likeness (QED) is 0.735. The Hall–Kier alpha value is -0.380. The van der Waals surface area contributed by atoms with E-state index in [1.54, 1.807) is 0 Å². The van der Waals surface area contributed by atoms with E-state index >= 15 is 0 Å². The van der Waals surface area contributed by atoms with Crippen molar-refractivity contribution in [3.8, 4) is 5.75 Å². The SMILES string of the molecule is O=P(Cl)(Cl)Oc1cccc(C(F)(F)F)c1. The minimum absolute atomic E-state index is 0.293. The summed E-state index contributed by atoms with van der Waals surface area (Å²) in [6.45, 7) is 0. The number of hydrogen-bond acceptors (Lipinski definition) is 2. The maximum Gasteiger partial charge on any atom is 0.428 e. The van der Waals surface area contributed by atoms with E-state index < -0.39 is 17.8 Å². The topological polar surface area (TPSA) is 26.3 Å². The lowest BCUT2D eigenvalue weighted by atomic mass is 10.2. The van der Waals surface area contributed by atoms with Gasteiger partial charge in [-0.05, 0) is 18.2 Å². The van der Waals surface area contributed by atoms with Crippen LogP contribution < -0.4 is 4.52 Å². The molecule has 15 heavy (non-hydrogen) atoms. The van der Waals surface area contributed by atoms with Gasteiger partial charge in [0.25, 0.3) is 0 Å². The van der Waals surface area contributed by atoms with Crippen LogP contribution in [0.15, 0.2) is 24.3 Å². The third-order valence-corrected chi connectivity index (χ3v) is 2.21. The first-order valence-corrected chi connectivity index (χ1v) is 6.98. The number of rotatable bonds is 2. The summed E-state index contributed by atoms with van der Waals surface area (Å²) in [4.78, 5) is 0. The molecule has 0 bridgehead atoms. The van der Waals surface area contributed by atoms with E-state index in [1.807, 2.05) is 0 Å². The summed E-state index contributed by atoms with van der Waals surface area (Å²) in [5, 5.41) is 0. The average Bonchev–Trinajstić information content (AvgIpc) is 1.99. The van der Waals surface area contributed by atoms with Crippen LogP contribution in [0.1, 0.15) is 5.56 Å². The second-order valence-electron chi connectivity index (χ2n) is 2.53. The van der Waals surface area contributed by atoms with Crippen LogP contribution in [0, 0.1) is 0 Å². The van der Waals surface area contributed by atoms with Gasteiger partial charge in [0.1, 0.15) is 5.75 Å². The molecule has 0 saturated carbocycles. The van der Waals surface area contributed by atoms with Crippen LogP contribution >= 0.6 is 28.6 Å². The van der Waals surface area contributed by atoms with Crippen LogP contribution in [0.3, 0.4) is 0 Å². The lowest BCUT2D eigenvalue weighted by molar-refractivity contribution is -0.137. The second kappa shape index (κ2) is 4.24. The van der Waals surface area contributed by atoms with E-state index in [-0.39, 0.29) is 5.75 Å². The van der Waals surface area contributed by atoms with Crippen molar-refractivity contribution in [2.45, 2.75) is 6.18 Å². The Labute approximate surface area is 93.0 Å². The zero-order valence-electron chi connectivity index (χ0n) is 6.96. The van der Waals surface area contributed by atoms with Crippen molar-refractivity contribution in [2.24, 2.45) is 0 Å². The Morgan fingerprint density at radius 2 is 1.87 bits per heavy atom. The fourth-order valence-corrected chi connectivity index (χ4v) is 1.69. The van der Waals surface area contributed by atoms with Crippen molar-refractivity contribution >= 4 is 28.6 Å².